The number of aromatic hydroxyl groups is 1. The number of carbonyl (C=O) groups is 1. The Morgan fingerprint density at radius 3 is 2.52 bits per heavy atom. The van der Waals surface area contributed by atoms with Crippen LogP contribution in [0.1, 0.15) is 28.8 Å². The lowest BCUT2D eigenvalue weighted by molar-refractivity contribution is -0.209. The van der Waals surface area contributed by atoms with Crippen molar-refractivity contribution < 1.29 is 36.6 Å². The summed E-state index contributed by atoms with van der Waals surface area (Å²) in [6.45, 7) is -1.48. The van der Waals surface area contributed by atoms with Gasteiger partial charge in [0.05, 0.1) is 6.42 Å². The van der Waals surface area contributed by atoms with Crippen LogP contribution in [0.2, 0.25) is 0 Å². The van der Waals surface area contributed by atoms with E-state index in [1.54, 1.807) is 18.2 Å². The highest BCUT2D eigenvalue weighted by Gasteiger charge is 2.52. The van der Waals surface area contributed by atoms with Crippen molar-refractivity contribution >= 4 is 11.7 Å². The number of halogens is 5. The van der Waals surface area contributed by atoms with Gasteiger partial charge in [0, 0.05) is 17.5 Å². The lowest BCUT2D eigenvalue weighted by Gasteiger charge is -2.37. The maximum atomic E-state index is 14.3. The van der Waals surface area contributed by atoms with Crippen molar-refractivity contribution in [2.75, 3.05) is 6.67 Å². The Balaban J connectivity index is 2.05. The number of alkyl halides is 4. The zero-order valence-electron chi connectivity index (χ0n) is 14.9. The van der Waals surface area contributed by atoms with Gasteiger partial charge in [-0.2, -0.15) is 13.2 Å². The summed E-state index contributed by atoms with van der Waals surface area (Å²) < 4.78 is 73.5. The second kappa shape index (κ2) is 7.81. The summed E-state index contributed by atoms with van der Waals surface area (Å²) in [5.41, 5.74) is -2.61. The van der Waals surface area contributed by atoms with Crippen LogP contribution >= 0.6 is 0 Å². The third-order valence-corrected chi connectivity index (χ3v) is 4.59. The van der Waals surface area contributed by atoms with E-state index in [1.165, 1.54) is 12.1 Å². The number of hydrogen-bond acceptors (Lipinski definition) is 4. The van der Waals surface area contributed by atoms with Crippen LogP contribution in [-0.2, 0) is 10.3 Å². The molecule has 0 bridgehead atoms. The summed E-state index contributed by atoms with van der Waals surface area (Å²) in [6, 6.07) is 10.3. The van der Waals surface area contributed by atoms with Crippen molar-refractivity contribution in [3.63, 3.8) is 0 Å². The number of rotatable bonds is 5. The van der Waals surface area contributed by atoms with Gasteiger partial charge in [-0.05, 0) is 18.2 Å². The predicted octanol–water partition coefficient (Wildman–Crippen LogP) is 4.72. The Hall–Kier alpha value is -2.97. The Morgan fingerprint density at radius 1 is 1.21 bits per heavy atom. The van der Waals surface area contributed by atoms with Gasteiger partial charge in [0.25, 0.3) is 0 Å². The zero-order valence-corrected chi connectivity index (χ0v) is 14.9. The van der Waals surface area contributed by atoms with E-state index in [9.17, 15) is 31.9 Å². The summed E-state index contributed by atoms with van der Waals surface area (Å²) in [5.74, 6) is -2.72. The quantitative estimate of drug-likeness (QED) is 0.570. The summed E-state index contributed by atoms with van der Waals surface area (Å²) in [4.78, 5) is 16.3. The minimum Gasteiger partial charge on any atom is -0.508 e. The lowest BCUT2D eigenvalue weighted by Crippen LogP contribution is -2.46. The Morgan fingerprint density at radius 2 is 1.90 bits per heavy atom. The van der Waals surface area contributed by atoms with Gasteiger partial charge in [0.2, 0.25) is 0 Å². The van der Waals surface area contributed by atoms with Crippen molar-refractivity contribution in [1.29, 1.82) is 0 Å². The number of Topliss-reactive ketones (excluding diaryl/α,β-unsaturated/α-hetero) is 1. The standard InChI is InChI=1S/C20H16F5NO3/c21-11-19(14-8-13(27)6-7-15(14)22)10-17(20(23,24)25)29-18(26-19)9-16(28)12-4-2-1-3-5-12/h1-8,17,27H,9-11H2/t17-,19+/m0/s1. The van der Waals surface area contributed by atoms with Crippen LogP contribution in [0, 0.1) is 5.82 Å². The molecule has 9 heteroatoms. The monoisotopic (exact) mass is 413 g/mol. The molecule has 1 aliphatic heterocycles. The molecule has 0 unspecified atom stereocenters. The number of ketones is 1. The summed E-state index contributed by atoms with van der Waals surface area (Å²) >= 11 is 0. The second-order valence-electron chi connectivity index (χ2n) is 6.65. The van der Waals surface area contributed by atoms with Crippen LogP contribution in [0.25, 0.3) is 0 Å². The number of carbonyl (C=O) groups excluding carboxylic acids is 1. The molecule has 0 amide bonds. The third kappa shape index (κ3) is 4.38. The number of benzene rings is 2. The molecule has 0 aromatic heterocycles. The van der Waals surface area contributed by atoms with Gasteiger partial charge in [-0.1, -0.05) is 30.3 Å². The number of aliphatic imine (C=N–C) groups is 1. The van der Waals surface area contributed by atoms with Gasteiger partial charge in [-0.15, -0.1) is 0 Å². The molecule has 0 fully saturated rings. The minimum absolute atomic E-state index is 0.210. The Bertz CT molecular complexity index is 929. The van der Waals surface area contributed by atoms with Crippen LogP contribution in [0.4, 0.5) is 22.0 Å². The van der Waals surface area contributed by atoms with E-state index < -0.39 is 66.1 Å². The average molecular weight is 413 g/mol. The van der Waals surface area contributed by atoms with Crippen LogP contribution in [0.5, 0.6) is 5.75 Å². The van der Waals surface area contributed by atoms with Gasteiger partial charge in [0.15, 0.2) is 17.8 Å². The maximum absolute atomic E-state index is 14.3. The normalized spacial score (nSPS) is 22.0. The van der Waals surface area contributed by atoms with Gasteiger partial charge in [-0.25, -0.2) is 13.8 Å². The maximum Gasteiger partial charge on any atom is 0.425 e. The van der Waals surface area contributed by atoms with Crippen LogP contribution in [0.3, 0.4) is 0 Å². The van der Waals surface area contributed by atoms with Gasteiger partial charge >= 0.3 is 6.18 Å². The molecule has 0 spiro atoms. The highest BCUT2D eigenvalue weighted by atomic mass is 19.4. The minimum atomic E-state index is -4.90. The molecule has 2 aromatic rings. The topological polar surface area (TPSA) is 58.9 Å². The molecule has 1 N–H and O–H groups in total. The lowest BCUT2D eigenvalue weighted by atomic mass is 9.84. The molecule has 4 nitrogen and oxygen atoms in total. The molecule has 0 aliphatic carbocycles. The van der Waals surface area contributed by atoms with Crippen LogP contribution < -0.4 is 0 Å². The van der Waals surface area contributed by atoms with Crippen molar-refractivity contribution in [2.24, 2.45) is 4.99 Å². The van der Waals surface area contributed by atoms with E-state index in [4.69, 9.17) is 4.74 Å². The number of phenols is 1. The van der Waals surface area contributed by atoms with E-state index in [1.807, 2.05) is 0 Å². The number of hydrogen-bond donors (Lipinski definition) is 1. The van der Waals surface area contributed by atoms with Gasteiger partial charge < -0.3 is 9.84 Å². The predicted molar refractivity (Wildman–Crippen MR) is 94.1 cm³/mol. The first kappa shape index (κ1) is 20.8. The molecule has 0 saturated heterocycles. The molecule has 3 rings (SSSR count). The zero-order chi connectivity index (χ0) is 21.2. The Labute approximate surface area is 162 Å². The second-order valence-corrected chi connectivity index (χ2v) is 6.65. The van der Waals surface area contributed by atoms with E-state index in [2.05, 4.69) is 4.99 Å². The number of phenolic OH excluding ortho intramolecular Hbond substituents is 1. The molecular weight excluding hydrogens is 397 g/mol. The highest BCUT2D eigenvalue weighted by Crippen LogP contribution is 2.43. The number of nitrogens with zero attached hydrogens (tertiary/aromatic N) is 1. The van der Waals surface area contributed by atoms with E-state index in [-0.39, 0.29) is 5.56 Å². The fourth-order valence-electron chi connectivity index (χ4n) is 3.15. The molecule has 2 atom stereocenters. The smallest absolute Gasteiger partial charge is 0.425 e. The van der Waals surface area contributed by atoms with Crippen LogP contribution in [0.15, 0.2) is 53.5 Å². The SMILES string of the molecule is O=C(CC1=N[C@](CF)(c2cc(O)ccc2F)C[C@@H](C(F)(F)F)O1)c1ccccc1. The van der Waals surface area contributed by atoms with Gasteiger partial charge in [0.1, 0.15) is 23.8 Å². The number of ether oxygens (including phenoxy) is 1. The van der Waals surface area contributed by atoms with Crippen molar-refractivity contribution in [1.82, 2.24) is 0 Å². The molecule has 154 valence electrons. The fourth-order valence-corrected chi connectivity index (χ4v) is 3.15. The molecule has 2 aromatic carbocycles. The van der Waals surface area contributed by atoms with E-state index in [0.717, 1.165) is 18.2 Å². The Kier molecular flexibility index (Phi) is 5.59. The van der Waals surface area contributed by atoms with Crippen molar-refractivity contribution in [3.05, 3.63) is 65.5 Å². The summed E-state index contributed by atoms with van der Waals surface area (Å²) in [6.07, 6.45) is -9.07. The molecule has 0 saturated carbocycles. The first-order valence-corrected chi connectivity index (χ1v) is 8.60. The molecule has 1 aliphatic rings. The fraction of sp³-hybridized carbons (Fsp3) is 0.300. The highest BCUT2D eigenvalue weighted by molar-refractivity contribution is 6.07. The van der Waals surface area contributed by atoms with E-state index >= 15 is 0 Å². The molecule has 0 radical (unpaired) electrons. The molecule has 29 heavy (non-hydrogen) atoms. The van der Waals surface area contributed by atoms with E-state index in [0.29, 0.717) is 0 Å². The first-order valence-electron chi connectivity index (χ1n) is 8.60. The van der Waals surface area contributed by atoms with Crippen LogP contribution in [-0.4, -0.2) is 35.7 Å². The first-order chi connectivity index (χ1) is 13.6. The largest absolute Gasteiger partial charge is 0.508 e. The molecular formula is C20H16F5NO3. The summed E-state index contributed by atoms with van der Waals surface area (Å²) in [7, 11) is 0. The van der Waals surface area contributed by atoms with Gasteiger partial charge in [-0.3, -0.25) is 4.79 Å². The summed E-state index contributed by atoms with van der Waals surface area (Å²) in [5, 5.41) is 9.62. The van der Waals surface area contributed by atoms with Crippen molar-refractivity contribution in [2.45, 2.75) is 30.7 Å². The third-order valence-electron chi connectivity index (χ3n) is 4.59. The average Bonchev–Trinajstić information content (AvgIpc) is 2.69. The molecule has 1 heterocycles. The van der Waals surface area contributed by atoms with Crippen molar-refractivity contribution in [3.8, 4) is 5.75 Å².